The molecule has 2 aromatic heterocycles. The van der Waals surface area contributed by atoms with Crippen LogP contribution in [0.2, 0.25) is 0 Å². The summed E-state index contributed by atoms with van der Waals surface area (Å²) in [6, 6.07) is 5.64. The van der Waals surface area contributed by atoms with Crippen molar-refractivity contribution in [1.82, 2.24) is 35.5 Å². The maximum atomic E-state index is 14.6. The molecule has 0 saturated carbocycles. The summed E-state index contributed by atoms with van der Waals surface area (Å²) in [5, 5.41) is 22.1. The van der Waals surface area contributed by atoms with Crippen molar-refractivity contribution in [1.29, 1.82) is 0 Å². The molecular formula is C23H30FN9O. The number of benzene rings is 1. The van der Waals surface area contributed by atoms with E-state index in [-0.39, 0.29) is 28.9 Å². The lowest BCUT2D eigenvalue weighted by Crippen LogP contribution is -2.60. The third kappa shape index (κ3) is 4.27. The second-order valence-corrected chi connectivity index (χ2v) is 10.8. The van der Waals surface area contributed by atoms with Gasteiger partial charge in [-0.15, -0.1) is 5.10 Å². The molecular weight excluding hydrogens is 437 g/mol. The first-order chi connectivity index (χ1) is 15.9. The van der Waals surface area contributed by atoms with Gasteiger partial charge in [0, 0.05) is 22.8 Å². The Labute approximate surface area is 197 Å². The molecule has 4 heterocycles. The van der Waals surface area contributed by atoms with Crippen molar-refractivity contribution >= 4 is 17.5 Å². The highest BCUT2D eigenvalue weighted by molar-refractivity contribution is 5.72. The number of halogens is 1. The Balaban J connectivity index is 1.38. The van der Waals surface area contributed by atoms with Crippen molar-refractivity contribution in [2.75, 3.05) is 10.6 Å². The van der Waals surface area contributed by atoms with Crippen LogP contribution in [-0.4, -0.2) is 47.3 Å². The molecule has 0 amide bonds. The van der Waals surface area contributed by atoms with Gasteiger partial charge in [-0.2, -0.15) is 9.67 Å². The predicted octanol–water partition coefficient (Wildman–Crippen LogP) is 3.82. The number of nitrogens with one attached hydrogen (secondary N) is 3. The van der Waals surface area contributed by atoms with Gasteiger partial charge in [0.15, 0.2) is 17.5 Å². The minimum Gasteiger partial charge on any atom is -0.466 e. The molecule has 5 rings (SSSR count). The molecule has 2 aliphatic heterocycles. The molecule has 1 saturated heterocycles. The van der Waals surface area contributed by atoms with Gasteiger partial charge in [-0.3, -0.25) is 0 Å². The Morgan fingerprint density at radius 1 is 1.12 bits per heavy atom. The van der Waals surface area contributed by atoms with E-state index in [0.29, 0.717) is 17.3 Å². The average Bonchev–Trinajstić information content (AvgIpc) is 3.20. The first-order valence-electron chi connectivity index (χ1n) is 11.4. The highest BCUT2D eigenvalue weighted by Crippen LogP contribution is 2.40. The third-order valence-electron chi connectivity index (χ3n) is 6.09. The van der Waals surface area contributed by atoms with Crippen LogP contribution in [0.3, 0.4) is 0 Å². The largest absolute Gasteiger partial charge is 0.466 e. The van der Waals surface area contributed by atoms with E-state index in [1.54, 1.807) is 4.68 Å². The number of piperidine rings is 1. The van der Waals surface area contributed by atoms with Gasteiger partial charge in [0.2, 0.25) is 11.7 Å². The first-order valence-corrected chi connectivity index (χ1v) is 11.4. The highest BCUT2D eigenvalue weighted by Gasteiger charge is 2.38. The summed E-state index contributed by atoms with van der Waals surface area (Å²) < 4.78 is 22.3. The number of fused-ring (bicyclic) bond motifs is 3. The van der Waals surface area contributed by atoms with E-state index in [1.807, 2.05) is 32.0 Å². The van der Waals surface area contributed by atoms with Gasteiger partial charge in [-0.1, -0.05) is 0 Å². The molecule has 0 aliphatic carbocycles. The lowest BCUT2D eigenvalue weighted by molar-refractivity contribution is 0.0120. The minimum absolute atomic E-state index is 0.0703. The van der Waals surface area contributed by atoms with Gasteiger partial charge < -0.3 is 20.7 Å². The molecule has 1 aromatic carbocycles. The summed E-state index contributed by atoms with van der Waals surface area (Å²) in [5.74, 6) is 1.26. The number of nitrogens with zero attached hydrogens (tertiary/aromatic N) is 6. The fraction of sp³-hybridized carbons (Fsp3) is 0.522. The average molecular weight is 468 g/mol. The molecule has 0 atom stereocenters. The zero-order valence-corrected chi connectivity index (χ0v) is 20.3. The molecule has 0 unspecified atom stereocenters. The molecule has 0 radical (unpaired) electrons. The zero-order valence-electron chi connectivity index (χ0n) is 20.3. The number of tetrazole rings is 1. The molecule has 34 heavy (non-hydrogen) atoms. The summed E-state index contributed by atoms with van der Waals surface area (Å²) in [4.78, 5) is 8.55. The Morgan fingerprint density at radius 3 is 2.59 bits per heavy atom. The molecule has 10 nitrogen and oxygen atoms in total. The predicted molar refractivity (Wildman–Crippen MR) is 126 cm³/mol. The van der Waals surface area contributed by atoms with Crippen LogP contribution in [-0.2, 0) is 5.72 Å². The lowest BCUT2D eigenvalue weighted by atomic mass is 9.79. The van der Waals surface area contributed by atoms with Crippen molar-refractivity contribution in [3.63, 3.8) is 0 Å². The van der Waals surface area contributed by atoms with E-state index in [4.69, 9.17) is 4.74 Å². The molecule has 0 spiro atoms. The SMILES string of the molecule is CC1(C)CC(Nc2nc(Nc3ccc4c(c3)-c3nnnn3C(C)(C)O4)ncc2F)CC(C)(C)N1. The maximum absolute atomic E-state index is 14.6. The third-order valence-corrected chi connectivity index (χ3v) is 6.09. The summed E-state index contributed by atoms with van der Waals surface area (Å²) >= 11 is 0. The Kier molecular flexibility index (Phi) is 5.01. The molecule has 180 valence electrons. The zero-order chi connectivity index (χ0) is 24.3. The van der Waals surface area contributed by atoms with E-state index in [2.05, 4.69) is 69.1 Å². The normalized spacial score (nSPS) is 20.1. The van der Waals surface area contributed by atoms with E-state index in [1.165, 1.54) is 6.20 Å². The van der Waals surface area contributed by atoms with Crippen LogP contribution in [0, 0.1) is 5.82 Å². The summed E-state index contributed by atoms with van der Waals surface area (Å²) in [6.07, 6.45) is 2.87. The van der Waals surface area contributed by atoms with Crippen LogP contribution < -0.4 is 20.7 Å². The van der Waals surface area contributed by atoms with Crippen molar-refractivity contribution in [2.45, 2.75) is 77.2 Å². The fourth-order valence-electron chi connectivity index (χ4n) is 5.18. The van der Waals surface area contributed by atoms with Gasteiger partial charge in [0.05, 0.1) is 11.8 Å². The summed E-state index contributed by atoms with van der Waals surface area (Å²) in [5.41, 5.74) is 0.615. The first kappa shape index (κ1) is 22.5. The second kappa shape index (κ2) is 7.59. The number of aromatic nitrogens is 6. The van der Waals surface area contributed by atoms with Crippen LogP contribution in [0.5, 0.6) is 5.75 Å². The van der Waals surface area contributed by atoms with E-state index in [9.17, 15) is 4.39 Å². The summed E-state index contributed by atoms with van der Waals surface area (Å²) in [6.45, 7) is 12.4. The van der Waals surface area contributed by atoms with Crippen molar-refractivity contribution in [3.8, 4) is 17.1 Å². The van der Waals surface area contributed by atoms with E-state index >= 15 is 0 Å². The standard InChI is InChI=1S/C23H30FN9O/c1-21(2)10-14(11-22(3,4)30-21)26-18-16(24)12-25-20(28-18)27-13-7-8-17-15(9-13)19-29-31-32-33(19)23(5,6)34-17/h7-9,12,14,30H,10-11H2,1-6H3,(H2,25,26,27,28). The quantitative estimate of drug-likeness (QED) is 0.527. The highest BCUT2D eigenvalue weighted by atomic mass is 19.1. The molecule has 3 aromatic rings. The topological polar surface area (TPSA) is 115 Å². The molecule has 1 fully saturated rings. The van der Waals surface area contributed by atoms with Crippen LogP contribution in [0.4, 0.5) is 21.8 Å². The van der Waals surface area contributed by atoms with Gasteiger partial charge in [-0.05, 0) is 83.0 Å². The maximum Gasteiger partial charge on any atom is 0.229 e. The van der Waals surface area contributed by atoms with E-state index < -0.39 is 11.5 Å². The van der Waals surface area contributed by atoms with Gasteiger partial charge in [0.25, 0.3) is 0 Å². The minimum atomic E-state index is -0.695. The van der Waals surface area contributed by atoms with Crippen molar-refractivity contribution < 1.29 is 9.13 Å². The van der Waals surface area contributed by atoms with Crippen molar-refractivity contribution in [2.24, 2.45) is 0 Å². The van der Waals surface area contributed by atoms with E-state index in [0.717, 1.165) is 18.4 Å². The smallest absolute Gasteiger partial charge is 0.229 e. The Hall–Kier alpha value is -3.34. The molecule has 2 aliphatic rings. The van der Waals surface area contributed by atoms with Crippen LogP contribution >= 0.6 is 0 Å². The monoisotopic (exact) mass is 467 g/mol. The molecule has 11 heteroatoms. The fourth-order valence-corrected chi connectivity index (χ4v) is 5.18. The lowest BCUT2D eigenvalue weighted by Gasteiger charge is -2.46. The van der Waals surface area contributed by atoms with Crippen LogP contribution in [0.15, 0.2) is 24.4 Å². The number of ether oxygens (including phenoxy) is 1. The molecule has 3 N–H and O–H groups in total. The van der Waals surface area contributed by atoms with Crippen LogP contribution in [0.1, 0.15) is 54.4 Å². The second-order valence-electron chi connectivity index (χ2n) is 10.8. The Morgan fingerprint density at radius 2 is 1.85 bits per heavy atom. The van der Waals surface area contributed by atoms with Gasteiger partial charge >= 0.3 is 0 Å². The number of anilines is 3. The van der Waals surface area contributed by atoms with Crippen molar-refractivity contribution in [3.05, 3.63) is 30.2 Å². The molecule has 0 bridgehead atoms. The van der Waals surface area contributed by atoms with Crippen LogP contribution in [0.25, 0.3) is 11.4 Å². The number of hydrogen-bond donors (Lipinski definition) is 3. The summed E-state index contributed by atoms with van der Waals surface area (Å²) in [7, 11) is 0. The Bertz CT molecular complexity index is 1220. The number of rotatable bonds is 4. The number of hydrogen-bond acceptors (Lipinski definition) is 9. The van der Waals surface area contributed by atoms with Gasteiger partial charge in [0.1, 0.15) is 5.75 Å². The van der Waals surface area contributed by atoms with Gasteiger partial charge in [-0.25, -0.2) is 9.37 Å².